The maximum Gasteiger partial charge on any atom is 0.256 e. The number of carbonyl (C=O) groups is 1. The highest BCUT2D eigenvalue weighted by atomic mass is 79.9. The lowest BCUT2D eigenvalue weighted by atomic mass is 9.72. The minimum atomic E-state index is -0.161. The molecule has 3 nitrogen and oxygen atoms in total. The molecular weight excluding hydrogens is 396 g/mol. The number of rotatable bonds is 1. The van der Waals surface area contributed by atoms with Crippen molar-refractivity contribution in [2.24, 2.45) is 11.3 Å². The van der Waals surface area contributed by atoms with Crippen LogP contribution in [0, 0.1) is 11.3 Å². The number of fused-ring (bicyclic) bond motifs is 3. The van der Waals surface area contributed by atoms with Gasteiger partial charge in [-0.05, 0) is 53.9 Å². The fourth-order valence-electron chi connectivity index (χ4n) is 3.86. The highest BCUT2D eigenvalue weighted by molar-refractivity contribution is 9.10. The van der Waals surface area contributed by atoms with E-state index in [2.05, 4.69) is 47.3 Å². The molecular formula is C20H23BrN2OS. The number of hydrogen-bond acceptors (Lipinski definition) is 3. The van der Waals surface area contributed by atoms with E-state index in [0.29, 0.717) is 11.3 Å². The van der Waals surface area contributed by atoms with Crippen molar-refractivity contribution in [3.05, 3.63) is 50.3 Å². The van der Waals surface area contributed by atoms with Gasteiger partial charge >= 0.3 is 0 Å². The van der Waals surface area contributed by atoms with Gasteiger partial charge in [0.25, 0.3) is 5.91 Å². The van der Waals surface area contributed by atoms with Gasteiger partial charge in [-0.2, -0.15) is 0 Å². The van der Waals surface area contributed by atoms with Crippen molar-refractivity contribution in [3.63, 3.8) is 0 Å². The Kier molecular flexibility index (Phi) is 4.19. The van der Waals surface area contributed by atoms with Crippen LogP contribution < -0.4 is 10.6 Å². The molecule has 0 unspecified atom stereocenters. The standard InChI is InChI=1S/C20H23BrN2OS/c1-20(2,3)12-6-9-14-15(10-12)25-19-16(14)18(24)22-17(23-19)11-4-7-13(21)8-5-11/h4-5,7-8,12,17,23H,6,9-10H2,1-3H3,(H,22,24)/t12-,17+/m0/s1. The molecule has 2 atom stereocenters. The van der Waals surface area contributed by atoms with Gasteiger partial charge in [0.05, 0.1) is 5.56 Å². The Labute approximate surface area is 161 Å². The second-order valence-electron chi connectivity index (χ2n) is 8.12. The Balaban J connectivity index is 1.64. The fraction of sp³-hybridized carbons (Fsp3) is 0.450. The molecule has 4 rings (SSSR count). The molecule has 2 N–H and O–H groups in total. The smallest absolute Gasteiger partial charge is 0.256 e. The topological polar surface area (TPSA) is 41.1 Å². The summed E-state index contributed by atoms with van der Waals surface area (Å²) in [5.41, 5.74) is 3.55. The van der Waals surface area contributed by atoms with Gasteiger partial charge in [-0.15, -0.1) is 11.3 Å². The average Bonchev–Trinajstić information content (AvgIpc) is 2.92. The van der Waals surface area contributed by atoms with Crippen LogP contribution >= 0.6 is 27.3 Å². The summed E-state index contributed by atoms with van der Waals surface area (Å²) in [6.45, 7) is 6.97. The van der Waals surface area contributed by atoms with E-state index >= 15 is 0 Å². The lowest BCUT2D eigenvalue weighted by Gasteiger charge is -2.34. The summed E-state index contributed by atoms with van der Waals surface area (Å²) in [7, 11) is 0. The molecule has 1 amide bonds. The summed E-state index contributed by atoms with van der Waals surface area (Å²) >= 11 is 5.24. The van der Waals surface area contributed by atoms with Crippen LogP contribution in [0.15, 0.2) is 28.7 Å². The van der Waals surface area contributed by atoms with Crippen LogP contribution in [0.4, 0.5) is 5.00 Å². The maximum atomic E-state index is 12.8. The molecule has 0 fully saturated rings. The zero-order valence-electron chi connectivity index (χ0n) is 14.8. The second-order valence-corrected chi connectivity index (χ2v) is 10.1. The van der Waals surface area contributed by atoms with E-state index in [4.69, 9.17) is 0 Å². The predicted molar refractivity (Wildman–Crippen MR) is 107 cm³/mol. The first-order chi connectivity index (χ1) is 11.8. The minimum Gasteiger partial charge on any atom is -0.353 e. The summed E-state index contributed by atoms with van der Waals surface area (Å²) in [6, 6.07) is 8.09. The molecule has 1 aliphatic heterocycles. The number of benzene rings is 1. The SMILES string of the molecule is CC(C)(C)[C@H]1CCc2c(sc3c2C(=O)N[C@@H](c2ccc(Br)cc2)N3)C1. The first kappa shape index (κ1) is 17.1. The lowest BCUT2D eigenvalue weighted by molar-refractivity contribution is 0.0935. The Morgan fingerprint density at radius 2 is 1.88 bits per heavy atom. The third-order valence-corrected chi connectivity index (χ3v) is 7.19. The number of thiophene rings is 1. The average molecular weight is 419 g/mol. The third kappa shape index (κ3) is 3.13. The highest BCUT2D eigenvalue weighted by Gasteiger charge is 2.36. The maximum absolute atomic E-state index is 12.8. The molecule has 2 aromatic rings. The van der Waals surface area contributed by atoms with E-state index < -0.39 is 0 Å². The summed E-state index contributed by atoms with van der Waals surface area (Å²) < 4.78 is 1.04. The van der Waals surface area contributed by atoms with Crippen LogP contribution in [-0.2, 0) is 12.8 Å². The van der Waals surface area contributed by atoms with Crippen LogP contribution in [0.1, 0.15) is 59.7 Å². The van der Waals surface area contributed by atoms with Gasteiger partial charge in [0.1, 0.15) is 11.2 Å². The molecule has 0 radical (unpaired) electrons. The first-order valence-corrected chi connectivity index (χ1v) is 10.4. The number of halogens is 1. The molecule has 2 aliphatic rings. The van der Waals surface area contributed by atoms with Gasteiger partial charge in [0, 0.05) is 9.35 Å². The lowest BCUT2D eigenvalue weighted by Crippen LogP contribution is -2.38. The van der Waals surface area contributed by atoms with Gasteiger partial charge in [-0.1, -0.05) is 48.8 Å². The summed E-state index contributed by atoms with van der Waals surface area (Å²) in [6.07, 6.45) is 3.12. The summed E-state index contributed by atoms with van der Waals surface area (Å²) in [4.78, 5) is 14.2. The molecule has 132 valence electrons. The number of carbonyl (C=O) groups excluding carboxylic acids is 1. The Morgan fingerprint density at radius 3 is 2.56 bits per heavy atom. The van der Waals surface area contributed by atoms with Crippen molar-refractivity contribution in [2.75, 3.05) is 5.32 Å². The Morgan fingerprint density at radius 1 is 1.16 bits per heavy atom. The Hall–Kier alpha value is -1.33. The summed E-state index contributed by atoms with van der Waals surface area (Å²) in [5.74, 6) is 0.749. The van der Waals surface area contributed by atoms with Crippen molar-refractivity contribution in [1.82, 2.24) is 5.32 Å². The van der Waals surface area contributed by atoms with Crippen LogP contribution in [0.5, 0.6) is 0 Å². The molecule has 1 aromatic carbocycles. The van der Waals surface area contributed by atoms with Crippen LogP contribution in [0.3, 0.4) is 0 Å². The van der Waals surface area contributed by atoms with E-state index in [1.54, 1.807) is 11.3 Å². The number of hydrogen-bond donors (Lipinski definition) is 2. The van der Waals surface area contributed by atoms with Gasteiger partial charge in [0.2, 0.25) is 0 Å². The van der Waals surface area contributed by atoms with Crippen molar-refractivity contribution < 1.29 is 4.79 Å². The fourth-order valence-corrected chi connectivity index (χ4v) is 5.48. The number of amides is 1. The van der Waals surface area contributed by atoms with Gasteiger partial charge in [0.15, 0.2) is 0 Å². The van der Waals surface area contributed by atoms with Gasteiger partial charge in [-0.3, -0.25) is 4.79 Å². The minimum absolute atomic E-state index is 0.0633. The highest BCUT2D eigenvalue weighted by Crippen LogP contribution is 2.46. The van der Waals surface area contributed by atoms with Crippen molar-refractivity contribution in [2.45, 2.75) is 46.2 Å². The van der Waals surface area contributed by atoms with E-state index in [0.717, 1.165) is 33.4 Å². The van der Waals surface area contributed by atoms with Gasteiger partial charge < -0.3 is 10.6 Å². The van der Waals surface area contributed by atoms with Crippen LogP contribution in [-0.4, -0.2) is 5.91 Å². The van der Waals surface area contributed by atoms with E-state index in [1.165, 1.54) is 16.9 Å². The quantitative estimate of drug-likeness (QED) is 0.640. The van der Waals surface area contributed by atoms with E-state index in [9.17, 15) is 4.79 Å². The monoisotopic (exact) mass is 418 g/mol. The molecule has 2 heterocycles. The molecule has 0 saturated heterocycles. The van der Waals surface area contributed by atoms with Crippen LogP contribution in [0.2, 0.25) is 0 Å². The molecule has 0 saturated carbocycles. The second kappa shape index (κ2) is 6.13. The zero-order valence-corrected chi connectivity index (χ0v) is 17.2. The van der Waals surface area contributed by atoms with Crippen molar-refractivity contribution in [1.29, 1.82) is 0 Å². The third-order valence-electron chi connectivity index (χ3n) is 5.47. The molecule has 1 aromatic heterocycles. The molecule has 25 heavy (non-hydrogen) atoms. The van der Waals surface area contributed by atoms with Crippen molar-refractivity contribution in [3.8, 4) is 0 Å². The van der Waals surface area contributed by atoms with Crippen molar-refractivity contribution >= 4 is 38.2 Å². The molecule has 0 spiro atoms. The summed E-state index contributed by atoms with van der Waals surface area (Å²) in [5, 5.41) is 7.71. The Bertz CT molecular complexity index is 819. The predicted octanol–water partition coefficient (Wildman–Crippen LogP) is 5.52. The van der Waals surface area contributed by atoms with Gasteiger partial charge in [-0.25, -0.2) is 0 Å². The van der Waals surface area contributed by atoms with Crippen LogP contribution in [0.25, 0.3) is 0 Å². The van der Waals surface area contributed by atoms with E-state index in [1.807, 2.05) is 24.3 Å². The molecule has 5 heteroatoms. The molecule has 0 bridgehead atoms. The first-order valence-electron chi connectivity index (χ1n) is 8.80. The zero-order chi connectivity index (χ0) is 17.8. The molecule has 1 aliphatic carbocycles. The number of anilines is 1. The normalized spacial score (nSPS) is 22.6. The largest absolute Gasteiger partial charge is 0.353 e. The van der Waals surface area contributed by atoms with E-state index in [-0.39, 0.29) is 12.1 Å². The number of nitrogens with one attached hydrogen (secondary N) is 2.